The third-order valence-corrected chi connectivity index (χ3v) is 7.20. The highest BCUT2D eigenvalue weighted by Crippen LogP contribution is 2.34. The lowest BCUT2D eigenvalue weighted by Crippen LogP contribution is -2.38. The van der Waals surface area contributed by atoms with Crippen molar-refractivity contribution in [3.05, 3.63) is 71.2 Å². The van der Waals surface area contributed by atoms with Gasteiger partial charge in [0.25, 0.3) is 5.91 Å². The first kappa shape index (κ1) is 25.9. The maximum absolute atomic E-state index is 11.4. The van der Waals surface area contributed by atoms with Crippen molar-refractivity contribution in [1.82, 2.24) is 20.2 Å². The number of aromatic nitrogens is 2. The number of H-pyrrole nitrogens is 1. The quantitative estimate of drug-likeness (QED) is 0.277. The molecule has 1 aliphatic rings. The molecule has 2 heterocycles. The van der Waals surface area contributed by atoms with Crippen LogP contribution in [0.15, 0.2) is 60.7 Å². The number of amides is 1. The third kappa shape index (κ3) is 6.03. The van der Waals surface area contributed by atoms with Crippen LogP contribution in [-0.4, -0.2) is 60.7 Å². The van der Waals surface area contributed by atoms with Crippen molar-refractivity contribution < 1.29 is 14.3 Å². The molecular weight excluding hydrogens is 502 g/mol. The van der Waals surface area contributed by atoms with Gasteiger partial charge in [-0.2, -0.15) is 0 Å². The molecule has 0 aliphatic carbocycles. The Kier molecular flexibility index (Phi) is 8.00. The van der Waals surface area contributed by atoms with Crippen LogP contribution in [0.2, 0.25) is 5.02 Å². The zero-order chi connectivity index (χ0) is 26.5. The number of rotatable bonds is 9. The average Bonchev–Trinajstić information content (AvgIpc) is 3.39. The van der Waals surface area contributed by atoms with Gasteiger partial charge in [-0.15, -0.1) is 0 Å². The van der Waals surface area contributed by atoms with Crippen molar-refractivity contribution in [3.8, 4) is 22.9 Å². The molecule has 198 valence electrons. The monoisotopic (exact) mass is 533 g/mol. The Morgan fingerprint density at radius 3 is 2.45 bits per heavy atom. The summed E-state index contributed by atoms with van der Waals surface area (Å²) < 4.78 is 10.8. The van der Waals surface area contributed by atoms with Gasteiger partial charge in [0.2, 0.25) is 0 Å². The number of ether oxygens (including phenoxy) is 2. The van der Waals surface area contributed by atoms with Gasteiger partial charge in [-0.05, 0) is 66.9 Å². The number of benzene rings is 3. The Morgan fingerprint density at radius 1 is 1.05 bits per heavy atom. The third-order valence-electron chi connectivity index (χ3n) is 6.88. The number of halogens is 1. The predicted octanol–water partition coefficient (Wildman–Crippen LogP) is 5.09. The number of carbonyl (C=O) groups is 1. The zero-order valence-electron chi connectivity index (χ0n) is 21.6. The number of nitrogens with zero attached hydrogens (tertiary/aromatic N) is 2. The fourth-order valence-electron chi connectivity index (χ4n) is 4.68. The minimum absolute atomic E-state index is 0.0194. The summed E-state index contributed by atoms with van der Waals surface area (Å²) in [7, 11) is 3.27. The minimum atomic E-state index is -0.175. The molecule has 4 aromatic rings. The van der Waals surface area contributed by atoms with Gasteiger partial charge in [-0.3, -0.25) is 9.69 Å². The number of carbonyl (C=O) groups excluding carboxylic acids is 1. The van der Waals surface area contributed by atoms with Crippen LogP contribution in [0.4, 0.5) is 5.69 Å². The van der Waals surface area contributed by atoms with E-state index in [1.807, 2.05) is 48.5 Å². The van der Waals surface area contributed by atoms with E-state index in [2.05, 4.69) is 32.7 Å². The van der Waals surface area contributed by atoms with Gasteiger partial charge in [-0.25, -0.2) is 4.98 Å². The Balaban J connectivity index is 1.24. The second kappa shape index (κ2) is 11.8. The van der Waals surface area contributed by atoms with E-state index in [4.69, 9.17) is 26.1 Å². The topological polar surface area (TPSA) is 91.5 Å². The van der Waals surface area contributed by atoms with E-state index in [-0.39, 0.29) is 12.5 Å². The summed E-state index contributed by atoms with van der Waals surface area (Å²) in [6.45, 7) is 2.94. The number of piperidine rings is 1. The van der Waals surface area contributed by atoms with E-state index < -0.39 is 0 Å². The van der Waals surface area contributed by atoms with Crippen LogP contribution in [0.3, 0.4) is 0 Å². The number of imidazole rings is 1. The normalized spacial score (nSPS) is 14.4. The lowest BCUT2D eigenvalue weighted by molar-refractivity contribution is -0.122. The van der Waals surface area contributed by atoms with Gasteiger partial charge in [0, 0.05) is 38.3 Å². The second-order valence-corrected chi connectivity index (χ2v) is 9.84. The van der Waals surface area contributed by atoms with Crippen LogP contribution < -0.4 is 20.1 Å². The maximum atomic E-state index is 11.4. The molecule has 0 radical (unpaired) electrons. The van der Waals surface area contributed by atoms with Gasteiger partial charge >= 0.3 is 0 Å². The Morgan fingerprint density at radius 2 is 1.76 bits per heavy atom. The number of aromatic amines is 1. The summed E-state index contributed by atoms with van der Waals surface area (Å²) in [5, 5.41) is 6.88. The number of anilines is 1. The van der Waals surface area contributed by atoms with Crippen molar-refractivity contribution >= 4 is 34.2 Å². The first-order chi connectivity index (χ1) is 18.5. The van der Waals surface area contributed by atoms with Gasteiger partial charge in [0.05, 0.1) is 23.3 Å². The van der Waals surface area contributed by atoms with Crippen LogP contribution in [0.25, 0.3) is 22.4 Å². The Bertz CT molecular complexity index is 1380. The summed E-state index contributed by atoms with van der Waals surface area (Å²) in [5.74, 6) is 2.08. The number of fused-ring (bicyclic) bond motifs is 1. The molecule has 5 rings (SSSR count). The fourth-order valence-corrected chi connectivity index (χ4v) is 4.89. The molecule has 9 heteroatoms. The van der Waals surface area contributed by atoms with E-state index in [1.165, 1.54) is 5.56 Å². The number of hydrogen-bond acceptors (Lipinski definition) is 6. The summed E-state index contributed by atoms with van der Waals surface area (Å²) in [6.07, 6.45) is 2.05. The van der Waals surface area contributed by atoms with Crippen molar-refractivity contribution in [2.75, 3.05) is 39.2 Å². The number of likely N-dealkylation sites (N-methyl/N-ethyl adjacent to an activating group) is 1. The smallest absolute Gasteiger partial charge is 0.257 e. The molecular formula is C29H32ClN5O3. The molecule has 0 bridgehead atoms. The molecule has 3 N–H and O–H groups in total. The van der Waals surface area contributed by atoms with Crippen LogP contribution in [0.1, 0.15) is 18.4 Å². The summed E-state index contributed by atoms with van der Waals surface area (Å²) in [5.41, 5.74) is 4.82. The molecule has 1 amide bonds. The van der Waals surface area contributed by atoms with E-state index in [1.54, 1.807) is 14.2 Å². The molecule has 0 unspecified atom stereocenters. The average molecular weight is 534 g/mol. The summed E-state index contributed by atoms with van der Waals surface area (Å²) in [4.78, 5) is 22.2. The largest absolute Gasteiger partial charge is 0.497 e. The molecule has 8 nitrogen and oxygen atoms in total. The van der Waals surface area contributed by atoms with Crippen molar-refractivity contribution in [3.63, 3.8) is 0 Å². The van der Waals surface area contributed by atoms with E-state index >= 15 is 0 Å². The first-order valence-corrected chi connectivity index (χ1v) is 13.1. The molecule has 0 spiro atoms. The van der Waals surface area contributed by atoms with Crippen LogP contribution in [-0.2, 0) is 11.3 Å². The van der Waals surface area contributed by atoms with Gasteiger partial charge in [0.1, 0.15) is 22.8 Å². The number of nitrogens with one attached hydrogen (secondary N) is 3. The standard InChI is InChI=1S/C29H32ClN5O3/c1-31-26(36)18-38-23-9-5-20(6-10-23)29-33-25-12-11-24(30)27(28(25)34-29)32-21-13-15-35(16-14-21)17-19-3-7-22(37-2)8-4-19/h3-12,21,32H,13-18H2,1-2H3,(H,31,36)(H,33,34). The molecule has 1 aliphatic heterocycles. The number of methoxy groups -OCH3 is 1. The van der Waals surface area contributed by atoms with E-state index in [0.29, 0.717) is 16.8 Å². The lowest BCUT2D eigenvalue weighted by Gasteiger charge is -2.33. The Hall–Kier alpha value is -3.75. The van der Waals surface area contributed by atoms with Crippen LogP contribution in [0.5, 0.6) is 11.5 Å². The van der Waals surface area contributed by atoms with Crippen molar-refractivity contribution in [2.45, 2.75) is 25.4 Å². The molecule has 0 saturated carbocycles. The van der Waals surface area contributed by atoms with E-state index in [9.17, 15) is 4.79 Å². The Labute approximate surface area is 227 Å². The van der Waals surface area contributed by atoms with Gasteiger partial charge in [0.15, 0.2) is 6.61 Å². The highest BCUT2D eigenvalue weighted by atomic mass is 35.5. The minimum Gasteiger partial charge on any atom is -0.497 e. The van der Waals surface area contributed by atoms with Gasteiger partial charge < -0.3 is 25.1 Å². The van der Waals surface area contributed by atoms with Crippen LogP contribution in [0, 0.1) is 0 Å². The first-order valence-electron chi connectivity index (χ1n) is 12.8. The van der Waals surface area contributed by atoms with E-state index in [0.717, 1.165) is 66.3 Å². The molecule has 1 aromatic heterocycles. The predicted molar refractivity (Wildman–Crippen MR) is 151 cm³/mol. The summed E-state index contributed by atoms with van der Waals surface area (Å²) in [6, 6.07) is 20.0. The van der Waals surface area contributed by atoms with Gasteiger partial charge in [-0.1, -0.05) is 23.7 Å². The molecule has 3 aromatic carbocycles. The fraction of sp³-hybridized carbons (Fsp3) is 0.310. The molecule has 38 heavy (non-hydrogen) atoms. The SMILES string of the molecule is CNC(=O)COc1ccc(-c2nc3c(NC4CCN(Cc5ccc(OC)cc5)CC4)c(Cl)ccc3[nH]2)cc1. The number of likely N-dealkylation sites (tertiary alicyclic amines) is 1. The van der Waals surface area contributed by atoms with Crippen molar-refractivity contribution in [1.29, 1.82) is 0 Å². The zero-order valence-corrected chi connectivity index (χ0v) is 22.3. The molecule has 0 atom stereocenters. The maximum Gasteiger partial charge on any atom is 0.257 e. The highest BCUT2D eigenvalue weighted by Gasteiger charge is 2.22. The molecule has 1 fully saturated rings. The lowest BCUT2D eigenvalue weighted by atomic mass is 10.0. The second-order valence-electron chi connectivity index (χ2n) is 9.43. The number of hydrogen-bond donors (Lipinski definition) is 3. The highest BCUT2D eigenvalue weighted by molar-refractivity contribution is 6.34. The summed E-state index contributed by atoms with van der Waals surface area (Å²) >= 11 is 6.65. The molecule has 1 saturated heterocycles. The van der Waals surface area contributed by atoms with Crippen molar-refractivity contribution in [2.24, 2.45) is 0 Å². The van der Waals surface area contributed by atoms with Crippen LogP contribution >= 0.6 is 11.6 Å².